The molecule has 0 radical (unpaired) electrons. The van der Waals surface area contributed by atoms with Crippen LogP contribution in [0.4, 0.5) is 20.4 Å². The number of hydrogen-bond donors (Lipinski definition) is 0. The fraction of sp³-hybridized carbons (Fsp3) is 0.556. The lowest BCUT2D eigenvalue weighted by atomic mass is 10.3. The molecule has 1 aromatic carbocycles. The van der Waals surface area contributed by atoms with E-state index in [1.807, 2.05) is 20.8 Å². The van der Waals surface area contributed by atoms with Crippen molar-refractivity contribution in [2.24, 2.45) is 0 Å². The number of anilines is 2. The molecule has 232 valence electrons. The number of sulfone groups is 1. The van der Waals surface area contributed by atoms with Crippen molar-refractivity contribution in [3.63, 3.8) is 0 Å². The molecule has 5 heterocycles. The molecule has 0 unspecified atom stereocenters. The Labute approximate surface area is 247 Å². The molecule has 16 heteroatoms. The maximum Gasteiger partial charge on any atom is 0.296 e. The maximum atomic E-state index is 14.3. The maximum absolute atomic E-state index is 14.3. The highest BCUT2D eigenvalue weighted by Crippen LogP contribution is 2.33. The molecular weight excluding hydrogens is 586 g/mol. The van der Waals surface area contributed by atoms with E-state index < -0.39 is 22.1 Å². The molecule has 6 rings (SSSR count). The van der Waals surface area contributed by atoms with E-state index in [4.69, 9.17) is 19.4 Å². The Morgan fingerprint density at radius 2 is 1.60 bits per heavy atom. The predicted octanol–water partition coefficient (Wildman–Crippen LogP) is 0.977. The number of piperazine rings is 1. The van der Waals surface area contributed by atoms with Crippen molar-refractivity contribution in [2.45, 2.75) is 6.43 Å². The van der Waals surface area contributed by atoms with Crippen LogP contribution in [0.3, 0.4) is 0 Å². The number of halogens is 2. The number of morpholine rings is 1. The molecule has 0 spiro atoms. The first-order valence-electron chi connectivity index (χ1n) is 14.2. The average molecular weight is 621 g/mol. The smallest absolute Gasteiger partial charge is 0.296 e. The summed E-state index contributed by atoms with van der Waals surface area (Å²) in [6.45, 7) is 5.00. The molecule has 0 bridgehead atoms. The lowest BCUT2D eigenvalue weighted by Gasteiger charge is -2.37. The standard InChI is InChI=1S/C27H34F2N8O5S/c1-41-20-4-2-3-19-24(20)32-26(25(28)29)37(19)27-30-21(17-22(31-27)35-9-13-42-14-10-35)34-5-7-36(8-6-34)23(38)18-33-11-15-43(39,40)16-12-33/h2-4,17,25H,5-16,18H2,1H3. The average Bonchev–Trinajstić information content (AvgIpc) is 3.43. The van der Waals surface area contributed by atoms with Gasteiger partial charge >= 0.3 is 0 Å². The third-order valence-electron chi connectivity index (χ3n) is 8.06. The number of carbonyl (C=O) groups is 1. The summed E-state index contributed by atoms with van der Waals surface area (Å²) in [4.78, 5) is 34.4. The van der Waals surface area contributed by atoms with Gasteiger partial charge in [-0.15, -0.1) is 0 Å². The zero-order valence-corrected chi connectivity index (χ0v) is 24.7. The fourth-order valence-electron chi connectivity index (χ4n) is 5.62. The third kappa shape index (κ3) is 6.21. The van der Waals surface area contributed by atoms with E-state index in [9.17, 15) is 22.0 Å². The number of alkyl halides is 2. The number of rotatable bonds is 7. The van der Waals surface area contributed by atoms with Gasteiger partial charge in [-0.3, -0.25) is 14.3 Å². The first-order valence-corrected chi connectivity index (χ1v) is 16.1. The van der Waals surface area contributed by atoms with Gasteiger partial charge in [0, 0.05) is 58.4 Å². The van der Waals surface area contributed by atoms with E-state index in [1.54, 1.807) is 23.1 Å². The zero-order chi connectivity index (χ0) is 30.1. The third-order valence-corrected chi connectivity index (χ3v) is 9.67. The zero-order valence-electron chi connectivity index (χ0n) is 23.9. The largest absolute Gasteiger partial charge is 0.494 e. The predicted molar refractivity (Wildman–Crippen MR) is 155 cm³/mol. The highest BCUT2D eigenvalue weighted by molar-refractivity contribution is 7.91. The monoisotopic (exact) mass is 620 g/mol. The Bertz CT molecular complexity index is 1580. The number of ether oxygens (including phenoxy) is 2. The Morgan fingerprint density at radius 1 is 0.953 bits per heavy atom. The number of para-hydroxylation sites is 1. The molecule has 1 amide bonds. The van der Waals surface area contributed by atoms with E-state index >= 15 is 0 Å². The van der Waals surface area contributed by atoms with E-state index in [2.05, 4.69) is 4.98 Å². The Balaban J connectivity index is 1.28. The van der Waals surface area contributed by atoms with E-state index in [0.717, 1.165) is 0 Å². The number of nitrogens with zero attached hydrogens (tertiary/aromatic N) is 8. The van der Waals surface area contributed by atoms with Gasteiger partial charge in [0.1, 0.15) is 22.9 Å². The van der Waals surface area contributed by atoms with E-state index in [1.165, 1.54) is 11.7 Å². The van der Waals surface area contributed by atoms with Gasteiger partial charge in [-0.1, -0.05) is 6.07 Å². The van der Waals surface area contributed by atoms with Gasteiger partial charge in [0.2, 0.25) is 11.9 Å². The molecule has 3 aliphatic rings. The molecule has 43 heavy (non-hydrogen) atoms. The van der Waals surface area contributed by atoms with Crippen molar-refractivity contribution >= 4 is 38.4 Å². The second kappa shape index (κ2) is 12.2. The summed E-state index contributed by atoms with van der Waals surface area (Å²) in [7, 11) is -1.56. The van der Waals surface area contributed by atoms with Crippen molar-refractivity contribution in [3.8, 4) is 11.7 Å². The van der Waals surface area contributed by atoms with Crippen LogP contribution in [0, 0.1) is 0 Å². The molecule has 2 aromatic heterocycles. The molecule has 0 atom stereocenters. The van der Waals surface area contributed by atoms with Crippen LogP contribution in [0.15, 0.2) is 24.3 Å². The summed E-state index contributed by atoms with van der Waals surface area (Å²) in [5.74, 6) is 1.21. The number of hydrogen-bond acceptors (Lipinski definition) is 11. The number of fused-ring (bicyclic) bond motifs is 1. The molecule has 3 aliphatic heterocycles. The summed E-state index contributed by atoms with van der Waals surface area (Å²) >= 11 is 0. The van der Waals surface area contributed by atoms with Crippen molar-refractivity contribution in [2.75, 3.05) is 101 Å². The van der Waals surface area contributed by atoms with E-state index in [-0.39, 0.29) is 29.9 Å². The van der Waals surface area contributed by atoms with Gasteiger partial charge in [-0.25, -0.2) is 22.2 Å². The van der Waals surface area contributed by atoms with Gasteiger partial charge in [0.15, 0.2) is 15.7 Å². The van der Waals surface area contributed by atoms with Crippen LogP contribution in [0.1, 0.15) is 12.2 Å². The summed E-state index contributed by atoms with van der Waals surface area (Å²) in [5, 5.41) is 0. The Hall–Kier alpha value is -3.63. The summed E-state index contributed by atoms with van der Waals surface area (Å²) < 4.78 is 64.3. The molecular formula is C27H34F2N8O5S. The van der Waals surface area contributed by atoms with Crippen LogP contribution < -0.4 is 14.5 Å². The molecule has 3 aromatic rings. The topological polar surface area (TPSA) is 126 Å². The van der Waals surface area contributed by atoms with Crippen LogP contribution in [0.25, 0.3) is 17.0 Å². The summed E-state index contributed by atoms with van der Waals surface area (Å²) in [6.07, 6.45) is -2.88. The number of benzene rings is 1. The SMILES string of the molecule is COc1cccc2c1nc(C(F)F)n2-c1nc(N2CCOCC2)cc(N2CCN(C(=O)CN3CCS(=O)(=O)CC3)CC2)n1. The highest BCUT2D eigenvalue weighted by Gasteiger charge is 2.29. The molecule has 0 saturated carbocycles. The minimum absolute atomic E-state index is 0.0447. The molecule has 0 N–H and O–H groups in total. The number of imidazole rings is 1. The number of aromatic nitrogens is 4. The van der Waals surface area contributed by atoms with Crippen LogP contribution in [-0.4, -0.2) is 134 Å². The second-order valence-electron chi connectivity index (χ2n) is 10.7. The lowest BCUT2D eigenvalue weighted by molar-refractivity contribution is -0.132. The van der Waals surface area contributed by atoms with Gasteiger partial charge < -0.3 is 24.2 Å². The van der Waals surface area contributed by atoms with Crippen molar-refractivity contribution < 1.29 is 31.5 Å². The van der Waals surface area contributed by atoms with Crippen molar-refractivity contribution in [3.05, 3.63) is 30.1 Å². The van der Waals surface area contributed by atoms with Gasteiger partial charge in [-0.2, -0.15) is 9.97 Å². The Kier molecular flexibility index (Phi) is 8.33. The molecule has 13 nitrogen and oxygen atoms in total. The first-order chi connectivity index (χ1) is 20.7. The number of amides is 1. The quantitative estimate of drug-likeness (QED) is 0.375. The van der Waals surface area contributed by atoms with Gasteiger partial charge in [0.25, 0.3) is 6.43 Å². The summed E-state index contributed by atoms with van der Waals surface area (Å²) in [5.41, 5.74) is 0.696. The van der Waals surface area contributed by atoms with Crippen LogP contribution >= 0.6 is 0 Å². The Morgan fingerprint density at radius 3 is 2.23 bits per heavy atom. The van der Waals surface area contributed by atoms with Crippen LogP contribution in [-0.2, 0) is 19.4 Å². The molecule has 3 saturated heterocycles. The number of carbonyl (C=O) groups excluding carboxylic acids is 1. The van der Waals surface area contributed by atoms with Crippen LogP contribution in [0.2, 0.25) is 0 Å². The normalized spacial score (nSPS) is 19.8. The first kappa shape index (κ1) is 29.4. The van der Waals surface area contributed by atoms with Gasteiger partial charge in [-0.05, 0) is 12.1 Å². The van der Waals surface area contributed by atoms with E-state index in [0.29, 0.717) is 94.0 Å². The second-order valence-corrected chi connectivity index (χ2v) is 13.0. The van der Waals surface area contributed by atoms with Crippen molar-refractivity contribution in [1.29, 1.82) is 0 Å². The van der Waals surface area contributed by atoms with Crippen molar-refractivity contribution in [1.82, 2.24) is 29.3 Å². The minimum atomic E-state index is -3.02. The van der Waals surface area contributed by atoms with Crippen LogP contribution in [0.5, 0.6) is 5.75 Å². The molecule has 3 fully saturated rings. The molecule has 0 aliphatic carbocycles. The number of methoxy groups -OCH3 is 1. The minimum Gasteiger partial charge on any atom is -0.494 e. The highest BCUT2D eigenvalue weighted by atomic mass is 32.2. The summed E-state index contributed by atoms with van der Waals surface area (Å²) in [6, 6.07) is 6.91. The van der Waals surface area contributed by atoms with Gasteiger partial charge in [0.05, 0.1) is 43.9 Å². The fourth-order valence-corrected chi connectivity index (χ4v) is 6.90. The lowest BCUT2D eigenvalue weighted by Crippen LogP contribution is -2.53.